The fourth-order valence-corrected chi connectivity index (χ4v) is 2.75. The predicted octanol–water partition coefficient (Wildman–Crippen LogP) is 3.81. The van der Waals surface area contributed by atoms with Crippen LogP contribution in [0.1, 0.15) is 16.7 Å². The molecule has 0 saturated carbocycles. The fourth-order valence-electron chi connectivity index (χ4n) is 2.75. The van der Waals surface area contributed by atoms with Crippen LogP contribution in [-0.2, 0) is 13.1 Å². The number of hydrogen-bond acceptors (Lipinski definition) is 6. The molecule has 0 amide bonds. The summed E-state index contributed by atoms with van der Waals surface area (Å²) < 4.78 is 0. The first-order chi connectivity index (χ1) is 13.0. The van der Waals surface area contributed by atoms with Crippen molar-refractivity contribution in [1.82, 2.24) is 0 Å². The van der Waals surface area contributed by atoms with E-state index in [9.17, 15) is 10.2 Å². The van der Waals surface area contributed by atoms with Gasteiger partial charge in [-0.05, 0) is 48.4 Å². The van der Waals surface area contributed by atoms with Crippen LogP contribution in [0.3, 0.4) is 0 Å². The van der Waals surface area contributed by atoms with E-state index in [1.54, 1.807) is 13.0 Å². The summed E-state index contributed by atoms with van der Waals surface area (Å²) in [5.41, 5.74) is 16.3. The Hall–Kier alpha value is -3.22. The lowest BCUT2D eigenvalue weighted by Gasteiger charge is -2.17. The number of hydrogen-bond donors (Lipinski definition) is 6. The molecule has 8 N–H and O–H groups in total. The Kier molecular flexibility index (Phi) is 5.49. The minimum absolute atomic E-state index is 0.000527. The zero-order valence-electron chi connectivity index (χ0n) is 15.2. The molecule has 0 fully saturated rings. The van der Waals surface area contributed by atoms with Gasteiger partial charge in [-0.1, -0.05) is 24.3 Å². The molecule has 3 aromatic rings. The largest absolute Gasteiger partial charge is 0.505 e. The average molecular weight is 364 g/mol. The maximum Gasteiger partial charge on any atom is 0.145 e. The molecule has 0 aromatic heterocycles. The topological polar surface area (TPSA) is 117 Å². The van der Waals surface area contributed by atoms with Crippen molar-refractivity contribution < 1.29 is 10.2 Å². The van der Waals surface area contributed by atoms with E-state index in [0.717, 1.165) is 22.5 Å². The van der Waals surface area contributed by atoms with Gasteiger partial charge in [0.15, 0.2) is 0 Å². The summed E-state index contributed by atoms with van der Waals surface area (Å²) in [6, 6.07) is 16.9. The zero-order chi connectivity index (χ0) is 19.4. The summed E-state index contributed by atoms with van der Waals surface area (Å²) in [6.45, 7) is 2.61. The second kappa shape index (κ2) is 7.99. The Labute approximate surface area is 158 Å². The Morgan fingerprint density at radius 1 is 0.704 bits per heavy atom. The number of phenols is 2. The van der Waals surface area contributed by atoms with Crippen LogP contribution in [-0.4, -0.2) is 10.2 Å². The highest BCUT2D eigenvalue weighted by atomic mass is 16.3. The van der Waals surface area contributed by atoms with Crippen molar-refractivity contribution in [1.29, 1.82) is 0 Å². The number of nitrogens with two attached hydrogens (primary N) is 2. The lowest BCUT2D eigenvalue weighted by atomic mass is 10.1. The molecule has 6 nitrogen and oxygen atoms in total. The van der Waals surface area contributed by atoms with Gasteiger partial charge < -0.3 is 32.3 Å². The SMILES string of the molecule is Cc1c(O)c(Nc2ccc(CN)cc2)cc(Nc2ccc(CN)cc2)c1O. The van der Waals surface area contributed by atoms with Gasteiger partial charge >= 0.3 is 0 Å². The Morgan fingerprint density at radius 2 is 1.07 bits per heavy atom. The molecular formula is C21H24N4O2. The molecule has 6 heteroatoms. The standard InChI is InChI=1S/C21H24N4O2/c1-13-20(26)18(24-16-6-2-14(11-22)3-7-16)10-19(21(13)27)25-17-8-4-15(12-23)5-9-17/h2-10,24-27H,11-12,22-23H2,1H3. The van der Waals surface area contributed by atoms with Crippen molar-refractivity contribution in [3.63, 3.8) is 0 Å². The van der Waals surface area contributed by atoms with E-state index >= 15 is 0 Å². The molecular weight excluding hydrogens is 340 g/mol. The quantitative estimate of drug-likeness (QED) is 0.293. The fraction of sp³-hybridized carbons (Fsp3) is 0.143. The van der Waals surface area contributed by atoms with Crippen molar-refractivity contribution in [2.75, 3.05) is 10.6 Å². The van der Waals surface area contributed by atoms with E-state index in [4.69, 9.17) is 11.5 Å². The van der Waals surface area contributed by atoms with E-state index in [1.165, 1.54) is 0 Å². The average Bonchev–Trinajstić information content (AvgIpc) is 2.71. The molecule has 0 unspecified atom stereocenters. The second-order valence-corrected chi connectivity index (χ2v) is 6.35. The molecule has 0 heterocycles. The van der Waals surface area contributed by atoms with Gasteiger partial charge in [-0.25, -0.2) is 0 Å². The minimum atomic E-state index is -0.000527. The smallest absolute Gasteiger partial charge is 0.145 e. The van der Waals surface area contributed by atoms with Gasteiger partial charge in [-0.2, -0.15) is 0 Å². The van der Waals surface area contributed by atoms with Gasteiger partial charge in [0.2, 0.25) is 0 Å². The van der Waals surface area contributed by atoms with E-state index in [2.05, 4.69) is 10.6 Å². The van der Waals surface area contributed by atoms with Gasteiger partial charge in [0.05, 0.1) is 11.4 Å². The number of aromatic hydroxyl groups is 2. The van der Waals surface area contributed by atoms with Crippen LogP contribution in [0.15, 0.2) is 54.6 Å². The monoisotopic (exact) mass is 364 g/mol. The number of anilines is 4. The molecule has 3 rings (SSSR count). The van der Waals surface area contributed by atoms with Crippen molar-refractivity contribution in [3.8, 4) is 11.5 Å². The van der Waals surface area contributed by atoms with E-state index in [1.807, 2.05) is 48.5 Å². The molecule has 0 radical (unpaired) electrons. The molecule has 3 aromatic carbocycles. The highest BCUT2D eigenvalue weighted by Crippen LogP contribution is 2.42. The molecule has 0 atom stereocenters. The van der Waals surface area contributed by atoms with Crippen LogP contribution in [0.4, 0.5) is 22.7 Å². The van der Waals surface area contributed by atoms with E-state index in [-0.39, 0.29) is 11.5 Å². The third-order valence-electron chi connectivity index (χ3n) is 4.45. The van der Waals surface area contributed by atoms with Crippen molar-refractivity contribution in [3.05, 3.63) is 71.3 Å². The third-order valence-corrected chi connectivity index (χ3v) is 4.45. The summed E-state index contributed by atoms with van der Waals surface area (Å²) in [7, 11) is 0. The molecule has 0 bridgehead atoms. The number of benzene rings is 3. The van der Waals surface area contributed by atoms with Crippen LogP contribution < -0.4 is 22.1 Å². The second-order valence-electron chi connectivity index (χ2n) is 6.35. The van der Waals surface area contributed by atoms with Gasteiger partial charge in [0.25, 0.3) is 0 Å². The number of phenolic OH excluding ortho intramolecular Hbond substituents is 2. The molecule has 0 aliphatic rings. The lowest BCUT2D eigenvalue weighted by molar-refractivity contribution is 0.446. The number of nitrogens with one attached hydrogen (secondary N) is 2. The van der Waals surface area contributed by atoms with Gasteiger partial charge in [-0.3, -0.25) is 0 Å². The van der Waals surface area contributed by atoms with Crippen LogP contribution in [0.25, 0.3) is 0 Å². The molecule has 0 aliphatic carbocycles. The first-order valence-corrected chi connectivity index (χ1v) is 8.69. The lowest BCUT2D eigenvalue weighted by Crippen LogP contribution is -1.99. The predicted molar refractivity (Wildman–Crippen MR) is 110 cm³/mol. The minimum Gasteiger partial charge on any atom is -0.505 e. The first kappa shape index (κ1) is 18.6. The first-order valence-electron chi connectivity index (χ1n) is 8.69. The normalized spacial score (nSPS) is 10.6. The van der Waals surface area contributed by atoms with Crippen LogP contribution in [0, 0.1) is 6.92 Å². The summed E-state index contributed by atoms with van der Waals surface area (Å²) in [4.78, 5) is 0. The van der Waals surface area contributed by atoms with E-state index < -0.39 is 0 Å². The summed E-state index contributed by atoms with van der Waals surface area (Å²) >= 11 is 0. The molecule has 0 aliphatic heterocycles. The molecule has 0 spiro atoms. The number of rotatable bonds is 6. The Balaban J connectivity index is 1.89. The van der Waals surface area contributed by atoms with Crippen LogP contribution >= 0.6 is 0 Å². The highest BCUT2D eigenvalue weighted by Gasteiger charge is 2.15. The van der Waals surface area contributed by atoms with Gasteiger partial charge in [0.1, 0.15) is 11.5 Å². The summed E-state index contributed by atoms with van der Waals surface area (Å²) in [5.74, 6) is -0.00105. The maximum absolute atomic E-state index is 10.4. The van der Waals surface area contributed by atoms with Crippen molar-refractivity contribution in [2.24, 2.45) is 11.5 Å². The highest BCUT2D eigenvalue weighted by molar-refractivity contribution is 5.80. The van der Waals surface area contributed by atoms with Gasteiger partial charge in [-0.15, -0.1) is 0 Å². The molecule has 27 heavy (non-hydrogen) atoms. The van der Waals surface area contributed by atoms with Crippen molar-refractivity contribution >= 4 is 22.7 Å². The maximum atomic E-state index is 10.4. The molecule has 140 valence electrons. The van der Waals surface area contributed by atoms with Gasteiger partial charge in [0, 0.05) is 30.0 Å². The molecule has 0 saturated heterocycles. The van der Waals surface area contributed by atoms with Crippen LogP contribution in [0.2, 0.25) is 0 Å². The summed E-state index contributed by atoms with van der Waals surface area (Å²) in [5, 5.41) is 27.2. The Bertz CT molecular complexity index is 849. The van der Waals surface area contributed by atoms with Crippen LogP contribution in [0.5, 0.6) is 11.5 Å². The Morgan fingerprint density at radius 3 is 1.41 bits per heavy atom. The van der Waals surface area contributed by atoms with E-state index in [0.29, 0.717) is 30.0 Å². The summed E-state index contributed by atoms with van der Waals surface area (Å²) in [6.07, 6.45) is 0. The zero-order valence-corrected chi connectivity index (χ0v) is 15.2. The van der Waals surface area contributed by atoms with Crippen molar-refractivity contribution in [2.45, 2.75) is 20.0 Å². The third kappa shape index (κ3) is 4.13.